The van der Waals surface area contributed by atoms with Crippen LogP contribution in [0, 0.1) is 0 Å². The van der Waals surface area contributed by atoms with Gasteiger partial charge in [-0.3, -0.25) is 0 Å². The minimum Gasteiger partial charge on any atom is -0.463 e. The van der Waals surface area contributed by atoms with Gasteiger partial charge in [0.2, 0.25) is 0 Å². The van der Waals surface area contributed by atoms with Crippen LogP contribution in [0.1, 0.15) is 13.8 Å². The van der Waals surface area contributed by atoms with Crippen molar-refractivity contribution in [3.05, 3.63) is 12.2 Å². The van der Waals surface area contributed by atoms with Gasteiger partial charge >= 0.3 is 5.97 Å². The fourth-order valence-electron chi connectivity index (χ4n) is 0.593. The molecule has 0 N–H and O–H groups in total. The fraction of sp³-hybridized carbons (Fsp3) is 0.625. The minimum absolute atomic E-state index is 0.290. The molecule has 0 aromatic rings. The average Bonchev–Trinajstić information content (AvgIpc) is 2.04. The second-order valence-corrected chi connectivity index (χ2v) is 10.7. The highest BCUT2D eigenvalue weighted by molar-refractivity contribution is 7.45. The summed E-state index contributed by atoms with van der Waals surface area (Å²) in [6.07, 6.45) is 0. The second kappa shape index (κ2) is 5.68. The summed E-state index contributed by atoms with van der Waals surface area (Å²) in [6, 6.07) is 1.34. The molecule has 0 spiro atoms. The summed E-state index contributed by atoms with van der Waals surface area (Å²) in [5.74, 6) is -0.380. The van der Waals surface area contributed by atoms with Gasteiger partial charge in [0.25, 0.3) is 6.69 Å². The molecule has 0 unspecified atom stereocenters. The third-order valence-corrected chi connectivity index (χ3v) is 6.27. The van der Waals surface area contributed by atoms with E-state index in [0.29, 0.717) is 18.2 Å². The molecule has 0 bridgehead atoms. The normalized spacial score (nSPS) is 11.1. The van der Waals surface area contributed by atoms with Crippen molar-refractivity contribution in [2.75, 3.05) is 6.61 Å². The van der Waals surface area contributed by atoms with Crippen molar-refractivity contribution in [2.45, 2.75) is 25.9 Å². The first-order valence-electron chi connectivity index (χ1n) is 4.09. The highest BCUT2D eigenvalue weighted by Gasteiger charge is 2.25. The molecular weight excluding hydrogens is 227 g/mol. The van der Waals surface area contributed by atoms with E-state index in [1.54, 1.807) is 6.92 Å². The predicted octanol–water partition coefficient (Wildman–Crippen LogP) is 3.05. The third-order valence-electron chi connectivity index (χ3n) is 1.57. The van der Waals surface area contributed by atoms with E-state index in [1.165, 1.54) is 0 Å². The molecule has 0 saturated carbocycles. The molecule has 0 aliphatic rings. The van der Waals surface area contributed by atoms with Gasteiger partial charge in [-0.25, -0.2) is 4.79 Å². The van der Waals surface area contributed by atoms with Gasteiger partial charge in [0.1, 0.15) is 0 Å². The minimum atomic E-state index is -2.14. The summed E-state index contributed by atoms with van der Waals surface area (Å²) in [6.45, 7) is 5.15. The zero-order valence-electron chi connectivity index (χ0n) is 7.90. The molecule has 0 heterocycles. The zero-order valence-corrected chi connectivity index (χ0v) is 10.4. The predicted molar refractivity (Wildman–Crippen MR) is 58.5 cm³/mol. The maximum atomic E-state index is 10.9. The highest BCUT2D eigenvalue weighted by Crippen LogP contribution is 2.24. The summed E-state index contributed by atoms with van der Waals surface area (Å²) in [4.78, 5) is 10.9. The molecule has 0 amide bonds. The van der Waals surface area contributed by atoms with Crippen molar-refractivity contribution in [1.82, 2.24) is 0 Å². The first kappa shape index (κ1) is 13.0. The van der Waals surface area contributed by atoms with Crippen LogP contribution in [0.5, 0.6) is 0 Å². The monoisotopic (exact) mass is 240 g/mol. The average molecular weight is 241 g/mol. The fourth-order valence-corrected chi connectivity index (χ4v) is 1.81. The number of hydrogen-bond acceptors (Lipinski definition) is 2. The number of esters is 1. The molecule has 5 heteroatoms. The molecule has 0 aliphatic carbocycles. The largest absolute Gasteiger partial charge is 0.463 e. The van der Waals surface area contributed by atoms with Crippen molar-refractivity contribution >= 4 is 34.8 Å². The summed E-state index contributed by atoms with van der Waals surface area (Å²) in [5, 5.41) is 0. The van der Waals surface area contributed by atoms with E-state index in [1.807, 2.05) is 6.92 Å². The van der Waals surface area contributed by atoms with Crippen molar-refractivity contribution in [3.63, 3.8) is 0 Å². The Hall–Kier alpha value is 0.00688. The molecular formula is C8H14Cl2O2Si. The Labute approximate surface area is 89.3 Å². The molecule has 0 aliphatic heterocycles. The molecule has 0 aromatic heterocycles. The molecule has 0 rings (SSSR count). The lowest BCUT2D eigenvalue weighted by molar-refractivity contribution is -0.138. The van der Waals surface area contributed by atoms with E-state index < -0.39 is 6.69 Å². The Morgan fingerprint density at radius 3 is 2.46 bits per heavy atom. The summed E-state index contributed by atoms with van der Waals surface area (Å²) >= 11 is 11.9. The standard InChI is InChI=1S/C8H14Cl2O2Si/c1-4-13(9,10)6-5-12-8(11)7(2)3/h2,4-6H2,1,3H3. The lowest BCUT2D eigenvalue weighted by Crippen LogP contribution is -2.20. The maximum Gasteiger partial charge on any atom is 0.333 e. The highest BCUT2D eigenvalue weighted by atomic mass is 35.7. The summed E-state index contributed by atoms with van der Waals surface area (Å²) in [5.41, 5.74) is 0.396. The van der Waals surface area contributed by atoms with E-state index in [4.69, 9.17) is 26.9 Å². The smallest absolute Gasteiger partial charge is 0.333 e. The van der Waals surface area contributed by atoms with Crippen LogP contribution in [-0.4, -0.2) is 19.3 Å². The first-order chi connectivity index (χ1) is 5.89. The van der Waals surface area contributed by atoms with E-state index in [-0.39, 0.29) is 5.97 Å². The number of hydrogen-bond donors (Lipinski definition) is 0. The zero-order chi connectivity index (χ0) is 10.5. The molecule has 2 nitrogen and oxygen atoms in total. The van der Waals surface area contributed by atoms with Crippen molar-refractivity contribution < 1.29 is 9.53 Å². The van der Waals surface area contributed by atoms with E-state index in [2.05, 4.69) is 6.58 Å². The van der Waals surface area contributed by atoms with Crippen molar-refractivity contribution in [1.29, 1.82) is 0 Å². The molecule has 13 heavy (non-hydrogen) atoms. The van der Waals surface area contributed by atoms with E-state index >= 15 is 0 Å². The Balaban J connectivity index is 3.68. The third kappa shape index (κ3) is 6.13. The Morgan fingerprint density at radius 2 is 2.08 bits per heavy atom. The Bertz CT molecular complexity index is 204. The number of rotatable bonds is 5. The van der Waals surface area contributed by atoms with Crippen LogP contribution in [0.3, 0.4) is 0 Å². The van der Waals surface area contributed by atoms with Crippen LogP contribution in [0.15, 0.2) is 12.2 Å². The second-order valence-electron chi connectivity index (χ2n) is 2.88. The number of carbonyl (C=O) groups is 1. The van der Waals surface area contributed by atoms with Gasteiger partial charge in [-0.1, -0.05) is 13.5 Å². The van der Waals surface area contributed by atoms with E-state index in [9.17, 15) is 4.79 Å². The van der Waals surface area contributed by atoms with Crippen LogP contribution >= 0.6 is 22.2 Å². The van der Waals surface area contributed by atoms with Crippen LogP contribution in [0.2, 0.25) is 12.1 Å². The summed E-state index contributed by atoms with van der Waals surface area (Å²) in [7, 11) is 0. The van der Waals surface area contributed by atoms with Gasteiger partial charge in [-0.2, -0.15) is 0 Å². The molecule has 0 aromatic carbocycles. The van der Waals surface area contributed by atoms with Crippen molar-refractivity contribution in [3.8, 4) is 0 Å². The number of halogens is 2. The Morgan fingerprint density at radius 1 is 1.54 bits per heavy atom. The molecule has 0 fully saturated rings. The maximum absolute atomic E-state index is 10.9. The lowest BCUT2D eigenvalue weighted by atomic mass is 10.4. The molecule has 0 atom stereocenters. The van der Waals surface area contributed by atoms with Crippen LogP contribution in [-0.2, 0) is 9.53 Å². The van der Waals surface area contributed by atoms with Gasteiger partial charge in [-0.05, 0) is 13.0 Å². The topological polar surface area (TPSA) is 26.3 Å². The van der Waals surface area contributed by atoms with Crippen LogP contribution in [0.4, 0.5) is 0 Å². The first-order valence-corrected chi connectivity index (χ1v) is 8.53. The number of ether oxygens (including phenoxy) is 1. The van der Waals surface area contributed by atoms with Gasteiger partial charge < -0.3 is 4.74 Å². The van der Waals surface area contributed by atoms with Gasteiger partial charge in [0.05, 0.1) is 6.61 Å². The van der Waals surface area contributed by atoms with E-state index in [0.717, 1.165) is 6.04 Å². The van der Waals surface area contributed by atoms with Gasteiger partial charge in [0, 0.05) is 11.6 Å². The SMILES string of the molecule is C=C(C)C(=O)OCC[Si](Cl)(Cl)CC. The molecule has 0 saturated heterocycles. The quantitative estimate of drug-likeness (QED) is 0.320. The lowest BCUT2D eigenvalue weighted by Gasteiger charge is -2.13. The van der Waals surface area contributed by atoms with Crippen molar-refractivity contribution in [2.24, 2.45) is 0 Å². The van der Waals surface area contributed by atoms with Gasteiger partial charge in [0.15, 0.2) is 0 Å². The Kier molecular flexibility index (Phi) is 5.68. The molecule has 0 radical (unpaired) electrons. The van der Waals surface area contributed by atoms with Crippen LogP contribution < -0.4 is 0 Å². The van der Waals surface area contributed by atoms with Gasteiger partial charge in [-0.15, -0.1) is 22.2 Å². The molecule has 76 valence electrons. The van der Waals surface area contributed by atoms with Crippen LogP contribution in [0.25, 0.3) is 0 Å². The number of carbonyl (C=O) groups excluding carboxylic acids is 1. The summed E-state index contributed by atoms with van der Waals surface area (Å²) < 4.78 is 4.87.